The van der Waals surface area contributed by atoms with E-state index in [9.17, 15) is 0 Å². The maximum atomic E-state index is 8.79. The van der Waals surface area contributed by atoms with Crippen LogP contribution in [0.3, 0.4) is 0 Å². The monoisotopic (exact) mass is 532 g/mol. The van der Waals surface area contributed by atoms with Gasteiger partial charge in [-0.15, -0.1) is 0 Å². The molecule has 0 aliphatic heterocycles. The Bertz CT molecular complexity index is 2590. The molecule has 0 spiro atoms. The Morgan fingerprint density at radius 1 is 0.659 bits per heavy atom. The van der Waals surface area contributed by atoms with Crippen LogP contribution in [-0.4, -0.2) is 8.80 Å². The molecular weight excluding hydrogens is 498 g/mol. The first-order valence-electron chi connectivity index (χ1n) is 15.4. The Labute approximate surface area is 241 Å². The first kappa shape index (κ1) is 21.2. The first-order valence-corrected chi connectivity index (χ1v) is 14.4. The molecule has 0 amide bonds. The fourth-order valence-corrected chi connectivity index (χ4v) is 7.46. The van der Waals surface area contributed by atoms with Crippen molar-refractivity contribution in [1.82, 2.24) is 8.80 Å². The second-order valence-corrected chi connectivity index (χ2v) is 12.8. The molecule has 5 aromatic heterocycles. The van der Waals surface area contributed by atoms with Crippen LogP contribution >= 0.6 is 0 Å². The molecule has 9 aromatic rings. The van der Waals surface area contributed by atoms with E-state index >= 15 is 0 Å². The molecule has 0 unspecified atom stereocenters. The molecule has 0 fully saturated rings. The average Bonchev–Trinajstić information content (AvgIpc) is 3.69. The molecule has 0 saturated heterocycles. The number of aryl methyl sites for hydroxylation is 2. The van der Waals surface area contributed by atoms with E-state index in [0.717, 1.165) is 5.69 Å². The van der Waals surface area contributed by atoms with Crippen LogP contribution in [0.25, 0.3) is 76.7 Å². The van der Waals surface area contributed by atoms with Gasteiger partial charge in [-0.1, -0.05) is 75.4 Å². The van der Waals surface area contributed by atoms with Gasteiger partial charge in [0.25, 0.3) is 0 Å². The van der Waals surface area contributed by atoms with Crippen molar-refractivity contribution in [2.75, 3.05) is 0 Å². The van der Waals surface area contributed by atoms with Gasteiger partial charge in [-0.2, -0.15) is 0 Å². The molecule has 198 valence electrons. The minimum absolute atomic E-state index is 0.505. The first-order chi connectivity index (χ1) is 20.6. The van der Waals surface area contributed by atoms with E-state index in [1.165, 1.54) is 76.5 Å². The van der Waals surface area contributed by atoms with Crippen molar-refractivity contribution in [1.29, 1.82) is 0 Å². The molecule has 5 heterocycles. The van der Waals surface area contributed by atoms with Gasteiger partial charge in [0.15, 0.2) is 6.20 Å². The fourth-order valence-electron chi connectivity index (χ4n) is 7.46. The Morgan fingerprint density at radius 3 is 1.95 bits per heavy atom. The molecule has 0 bridgehead atoms. The summed E-state index contributed by atoms with van der Waals surface area (Å²) >= 11 is 0. The lowest BCUT2D eigenvalue weighted by Gasteiger charge is -2.17. The summed E-state index contributed by atoms with van der Waals surface area (Å²) in [6.07, 6.45) is 0.521. The van der Waals surface area contributed by atoms with Crippen LogP contribution in [0.15, 0.2) is 91.1 Å². The van der Waals surface area contributed by atoms with Crippen LogP contribution in [0.4, 0.5) is 0 Å². The molecule has 41 heavy (non-hydrogen) atoms. The minimum atomic E-state index is -1.44. The van der Waals surface area contributed by atoms with Crippen molar-refractivity contribution >= 4 is 65.4 Å². The fraction of sp³-hybridized carbons (Fsp3) is 0.184. The highest BCUT2D eigenvalue weighted by atomic mass is 15.0. The van der Waals surface area contributed by atoms with Crippen molar-refractivity contribution in [3.63, 3.8) is 0 Å². The number of aromatic nitrogens is 3. The van der Waals surface area contributed by atoms with Crippen LogP contribution < -0.4 is 4.57 Å². The topological polar surface area (TPSA) is 12.7 Å². The van der Waals surface area contributed by atoms with Gasteiger partial charge in [0.05, 0.1) is 33.1 Å². The molecule has 0 N–H and O–H groups in total. The van der Waals surface area contributed by atoms with Gasteiger partial charge in [-0.05, 0) is 48.5 Å². The van der Waals surface area contributed by atoms with E-state index < -0.39 is 11.8 Å². The molecule has 3 nitrogen and oxygen atoms in total. The Kier molecular flexibility index (Phi) is 3.90. The zero-order valence-electron chi connectivity index (χ0n) is 26.0. The molecule has 0 radical (unpaired) electrons. The lowest BCUT2D eigenvalue weighted by Crippen LogP contribution is -2.32. The predicted molar refractivity (Wildman–Crippen MR) is 173 cm³/mol. The maximum absolute atomic E-state index is 8.79. The molecule has 0 aliphatic carbocycles. The third kappa shape index (κ3) is 2.91. The number of benzene rings is 4. The lowest BCUT2D eigenvalue weighted by atomic mass is 9.88. The van der Waals surface area contributed by atoms with Gasteiger partial charge in [0.2, 0.25) is 5.69 Å². The number of rotatable bonds is 2. The highest BCUT2D eigenvalue weighted by Gasteiger charge is 2.26. The Hall–Kier alpha value is -4.63. The van der Waals surface area contributed by atoms with Gasteiger partial charge >= 0.3 is 0 Å². The zero-order valence-corrected chi connectivity index (χ0v) is 24.0. The lowest BCUT2D eigenvalue weighted by molar-refractivity contribution is -0.660. The van der Waals surface area contributed by atoms with Crippen LogP contribution in [0.1, 0.15) is 34.6 Å². The number of hydrogen-bond donors (Lipinski definition) is 0. The van der Waals surface area contributed by atoms with Crippen LogP contribution in [0.2, 0.25) is 0 Å². The van der Waals surface area contributed by atoms with Gasteiger partial charge in [0, 0.05) is 52.3 Å². The van der Waals surface area contributed by atoms with Gasteiger partial charge in [-0.25, -0.2) is 4.57 Å². The summed E-state index contributed by atoms with van der Waals surface area (Å²) in [6, 6.07) is 31.0. The van der Waals surface area contributed by atoms with Crippen LogP contribution in [0, 0.1) is 12.3 Å². The summed E-state index contributed by atoms with van der Waals surface area (Å²) in [5.74, 6) is 0. The molecule has 0 atom stereocenters. The molecule has 3 heteroatoms. The average molecular weight is 533 g/mol. The quantitative estimate of drug-likeness (QED) is 0.197. The second-order valence-electron chi connectivity index (χ2n) is 12.8. The largest absolute Gasteiger partial charge is 0.306 e. The standard InChI is InChI=1S/C38H32N3/c1-22-18-33-30(19-29(22)31-17-16-23(21-39(31)5)20-38(2,3)4)26-12-9-14-28-35(26)41(33)37-27-13-8-11-25-24-10-6-7-15-32(24)40(34(25)27)36(28)37/h6-19,21H,20H2,1-5H3/q+1/i20D2. The van der Waals surface area contributed by atoms with E-state index in [1.54, 1.807) is 0 Å². The van der Waals surface area contributed by atoms with Crippen molar-refractivity contribution in [2.45, 2.75) is 34.1 Å². The number of hydrogen-bond acceptors (Lipinski definition) is 0. The van der Waals surface area contributed by atoms with Crippen LogP contribution in [0.5, 0.6) is 0 Å². The molecule has 0 saturated carbocycles. The van der Waals surface area contributed by atoms with E-state index in [2.05, 4.69) is 99.2 Å². The second kappa shape index (κ2) is 7.55. The molecule has 9 rings (SSSR count). The smallest absolute Gasteiger partial charge is 0.212 e. The molecular formula is C38H32N3+. The van der Waals surface area contributed by atoms with Crippen LogP contribution in [-0.2, 0) is 13.4 Å². The summed E-state index contributed by atoms with van der Waals surface area (Å²) in [7, 11) is 2.03. The third-order valence-corrected chi connectivity index (χ3v) is 8.94. The molecule has 0 aliphatic rings. The van der Waals surface area contributed by atoms with Gasteiger partial charge in [0.1, 0.15) is 7.05 Å². The van der Waals surface area contributed by atoms with E-state index in [1.807, 2.05) is 40.1 Å². The summed E-state index contributed by atoms with van der Waals surface area (Å²) < 4.78 is 24.6. The van der Waals surface area contributed by atoms with Crippen molar-refractivity contribution in [3.8, 4) is 11.3 Å². The van der Waals surface area contributed by atoms with Gasteiger partial charge < -0.3 is 8.80 Å². The summed E-state index contributed by atoms with van der Waals surface area (Å²) in [5, 5.41) is 7.67. The highest BCUT2D eigenvalue weighted by molar-refractivity contribution is 6.31. The van der Waals surface area contributed by atoms with Crippen molar-refractivity contribution in [3.05, 3.63) is 102 Å². The summed E-state index contributed by atoms with van der Waals surface area (Å²) in [5.41, 5.74) is 11.3. The highest BCUT2D eigenvalue weighted by Crippen LogP contribution is 2.46. The summed E-state index contributed by atoms with van der Waals surface area (Å²) in [6.45, 7) is 8.06. The Morgan fingerprint density at radius 2 is 1.27 bits per heavy atom. The maximum Gasteiger partial charge on any atom is 0.212 e. The molecule has 4 aromatic carbocycles. The van der Waals surface area contributed by atoms with Crippen molar-refractivity contribution < 1.29 is 7.31 Å². The number of fused-ring (bicyclic) bond motifs is 11. The van der Waals surface area contributed by atoms with E-state index in [0.29, 0.717) is 5.56 Å². The number of nitrogens with zero attached hydrogens (tertiary/aromatic N) is 3. The van der Waals surface area contributed by atoms with Gasteiger partial charge in [-0.3, -0.25) is 0 Å². The number of pyridine rings is 1. The normalized spacial score (nSPS) is 14.2. The predicted octanol–water partition coefficient (Wildman–Crippen LogP) is 9.22. The Balaban J connectivity index is 1.36. The van der Waals surface area contributed by atoms with Crippen molar-refractivity contribution in [2.24, 2.45) is 12.5 Å². The summed E-state index contributed by atoms with van der Waals surface area (Å²) in [4.78, 5) is 0. The van der Waals surface area contributed by atoms with E-state index in [-0.39, 0.29) is 0 Å². The SMILES string of the molecule is [2H]C([2H])(c1ccc(-c2cc3c4cccc5c4n(c3cc2C)c2c3cccc4c6ccccc6n(c43)c52)[n+](C)c1)C(C)(C)C. The third-order valence-electron chi connectivity index (χ3n) is 8.94. The zero-order chi connectivity index (χ0) is 29.6. The van der Waals surface area contributed by atoms with E-state index in [4.69, 9.17) is 2.74 Å². The minimum Gasteiger partial charge on any atom is -0.306 e. The number of para-hydroxylation sites is 3.